The lowest BCUT2D eigenvalue weighted by molar-refractivity contribution is 0.00522. The number of nitrogens with zero attached hydrogens (tertiary/aromatic N) is 1. The Morgan fingerprint density at radius 1 is 1.19 bits per heavy atom. The predicted octanol–water partition coefficient (Wildman–Crippen LogP) is 3.15. The number of methoxy groups -OCH3 is 1. The summed E-state index contributed by atoms with van der Waals surface area (Å²) in [6.45, 7) is 5.49. The molecular weight excluding hydrogens is 264 g/mol. The number of hydrogen-bond donors (Lipinski definition) is 1. The summed E-state index contributed by atoms with van der Waals surface area (Å²) in [5.41, 5.74) is 1.000. The highest BCUT2D eigenvalue weighted by Crippen LogP contribution is 2.26. The smallest absolute Gasteiger partial charge is 0.221 e. The van der Waals surface area contributed by atoms with Crippen LogP contribution < -0.4 is 10.1 Å². The molecule has 114 valence electrons. The Hall–Kier alpha value is -1.65. The van der Waals surface area contributed by atoms with Gasteiger partial charge < -0.3 is 14.8 Å². The third-order valence-electron chi connectivity index (χ3n) is 3.70. The molecule has 0 aliphatic heterocycles. The Balaban J connectivity index is 2.19. The van der Waals surface area contributed by atoms with E-state index in [1.165, 1.54) is 10.9 Å². The minimum Gasteiger partial charge on any atom is -0.477 e. The zero-order valence-corrected chi connectivity index (χ0v) is 13.3. The second-order valence-electron chi connectivity index (χ2n) is 5.73. The number of aromatic nitrogens is 1. The van der Waals surface area contributed by atoms with E-state index >= 15 is 0 Å². The predicted molar refractivity (Wildman–Crippen MR) is 85.7 cm³/mol. The summed E-state index contributed by atoms with van der Waals surface area (Å²) < 4.78 is 11.3. The Morgan fingerprint density at radius 3 is 2.57 bits per heavy atom. The zero-order valence-electron chi connectivity index (χ0n) is 13.3. The average Bonchev–Trinajstić information content (AvgIpc) is 2.49. The van der Waals surface area contributed by atoms with E-state index < -0.39 is 0 Å². The van der Waals surface area contributed by atoms with Crippen molar-refractivity contribution in [3.05, 3.63) is 36.0 Å². The van der Waals surface area contributed by atoms with E-state index in [-0.39, 0.29) is 5.60 Å². The molecule has 2 rings (SSSR count). The van der Waals surface area contributed by atoms with Gasteiger partial charge in [-0.25, -0.2) is 4.98 Å². The van der Waals surface area contributed by atoms with Crippen molar-refractivity contribution in [2.45, 2.75) is 32.4 Å². The van der Waals surface area contributed by atoms with Crippen molar-refractivity contribution >= 4 is 10.8 Å². The number of fused-ring (bicyclic) bond motifs is 1. The van der Waals surface area contributed by atoms with E-state index in [9.17, 15) is 0 Å². The lowest BCUT2D eigenvalue weighted by Crippen LogP contribution is -2.25. The number of pyridine rings is 1. The standard InChI is InChI=1S/C17H24N2O2/c1-17(2,20-4)9-10-21-16-15-8-6-5-7-14(15)13(11-18-3)12-19-16/h5-8,12,18H,9-11H2,1-4H3. The Morgan fingerprint density at radius 2 is 1.90 bits per heavy atom. The first-order chi connectivity index (χ1) is 10.1. The molecule has 0 unspecified atom stereocenters. The molecule has 0 fully saturated rings. The van der Waals surface area contributed by atoms with Gasteiger partial charge in [-0.15, -0.1) is 0 Å². The van der Waals surface area contributed by atoms with Crippen LogP contribution in [-0.4, -0.2) is 31.3 Å². The molecule has 0 saturated heterocycles. The highest BCUT2D eigenvalue weighted by Gasteiger charge is 2.16. The van der Waals surface area contributed by atoms with Crippen LogP contribution in [-0.2, 0) is 11.3 Å². The summed E-state index contributed by atoms with van der Waals surface area (Å²) in [5.74, 6) is 0.692. The van der Waals surface area contributed by atoms with Crippen LogP contribution >= 0.6 is 0 Å². The summed E-state index contributed by atoms with van der Waals surface area (Å²) in [7, 11) is 3.66. The van der Waals surface area contributed by atoms with Crippen LogP contribution in [0.1, 0.15) is 25.8 Å². The molecule has 21 heavy (non-hydrogen) atoms. The van der Waals surface area contributed by atoms with E-state index in [2.05, 4.69) is 36.3 Å². The maximum absolute atomic E-state index is 5.88. The Bertz CT molecular complexity index is 596. The van der Waals surface area contributed by atoms with Crippen molar-refractivity contribution in [3.8, 4) is 5.88 Å². The van der Waals surface area contributed by atoms with E-state index in [0.29, 0.717) is 12.5 Å². The van der Waals surface area contributed by atoms with Crippen LogP contribution in [0.25, 0.3) is 10.8 Å². The van der Waals surface area contributed by atoms with E-state index in [0.717, 1.165) is 18.4 Å². The fourth-order valence-electron chi connectivity index (χ4n) is 2.17. The van der Waals surface area contributed by atoms with Gasteiger partial charge in [0.25, 0.3) is 0 Å². The zero-order chi connectivity index (χ0) is 15.3. The molecule has 2 aromatic rings. The van der Waals surface area contributed by atoms with Gasteiger partial charge in [-0.05, 0) is 37.9 Å². The van der Waals surface area contributed by atoms with Crippen molar-refractivity contribution < 1.29 is 9.47 Å². The summed E-state index contributed by atoms with van der Waals surface area (Å²) in [6, 6.07) is 8.21. The van der Waals surface area contributed by atoms with Crippen LogP contribution in [0.2, 0.25) is 0 Å². The van der Waals surface area contributed by atoms with Crippen LogP contribution in [0.5, 0.6) is 5.88 Å². The van der Waals surface area contributed by atoms with Gasteiger partial charge in [-0.1, -0.05) is 18.2 Å². The molecule has 0 atom stereocenters. The average molecular weight is 288 g/mol. The van der Waals surface area contributed by atoms with E-state index in [1.807, 2.05) is 25.4 Å². The van der Waals surface area contributed by atoms with Gasteiger partial charge in [0.2, 0.25) is 5.88 Å². The minimum atomic E-state index is -0.179. The minimum absolute atomic E-state index is 0.179. The quantitative estimate of drug-likeness (QED) is 0.850. The molecule has 1 N–H and O–H groups in total. The molecule has 0 radical (unpaired) electrons. The Kier molecular flexibility index (Phi) is 5.15. The third-order valence-corrected chi connectivity index (χ3v) is 3.70. The van der Waals surface area contributed by atoms with E-state index in [1.54, 1.807) is 7.11 Å². The molecule has 1 aromatic carbocycles. The first-order valence-corrected chi connectivity index (χ1v) is 7.26. The summed E-state index contributed by atoms with van der Waals surface area (Å²) >= 11 is 0. The number of benzene rings is 1. The second kappa shape index (κ2) is 6.87. The summed E-state index contributed by atoms with van der Waals surface area (Å²) in [4.78, 5) is 4.47. The van der Waals surface area contributed by atoms with Crippen molar-refractivity contribution in [3.63, 3.8) is 0 Å². The molecule has 1 heterocycles. The van der Waals surface area contributed by atoms with Gasteiger partial charge in [0, 0.05) is 31.7 Å². The molecule has 0 aliphatic carbocycles. The maximum atomic E-state index is 5.88. The fourth-order valence-corrected chi connectivity index (χ4v) is 2.17. The van der Waals surface area contributed by atoms with Crippen molar-refractivity contribution in [2.24, 2.45) is 0 Å². The molecule has 0 bridgehead atoms. The molecule has 0 spiro atoms. The first kappa shape index (κ1) is 15.7. The fraction of sp³-hybridized carbons (Fsp3) is 0.471. The SMILES string of the molecule is CNCc1cnc(OCCC(C)(C)OC)c2ccccc12. The van der Waals surface area contributed by atoms with Gasteiger partial charge in [-0.3, -0.25) is 0 Å². The first-order valence-electron chi connectivity index (χ1n) is 7.26. The monoisotopic (exact) mass is 288 g/mol. The van der Waals surface area contributed by atoms with E-state index in [4.69, 9.17) is 9.47 Å². The highest BCUT2D eigenvalue weighted by atomic mass is 16.5. The number of nitrogens with one attached hydrogen (secondary N) is 1. The molecular formula is C17H24N2O2. The highest BCUT2D eigenvalue weighted by molar-refractivity contribution is 5.89. The van der Waals surface area contributed by atoms with Gasteiger partial charge in [-0.2, -0.15) is 0 Å². The molecule has 4 heteroatoms. The number of rotatable bonds is 7. The Labute approximate surface area is 126 Å². The maximum Gasteiger partial charge on any atom is 0.221 e. The van der Waals surface area contributed by atoms with Crippen LogP contribution in [0, 0.1) is 0 Å². The van der Waals surface area contributed by atoms with Gasteiger partial charge in [0.15, 0.2) is 0 Å². The van der Waals surface area contributed by atoms with Gasteiger partial charge in [0.1, 0.15) is 0 Å². The third kappa shape index (κ3) is 3.93. The van der Waals surface area contributed by atoms with Crippen molar-refractivity contribution in [1.82, 2.24) is 10.3 Å². The van der Waals surface area contributed by atoms with Gasteiger partial charge >= 0.3 is 0 Å². The molecule has 0 amide bonds. The normalized spacial score (nSPS) is 11.8. The topological polar surface area (TPSA) is 43.4 Å². The summed E-state index contributed by atoms with van der Waals surface area (Å²) in [5, 5.41) is 5.41. The van der Waals surface area contributed by atoms with Crippen LogP contribution in [0.15, 0.2) is 30.5 Å². The largest absolute Gasteiger partial charge is 0.477 e. The lowest BCUT2D eigenvalue weighted by atomic mass is 10.1. The van der Waals surface area contributed by atoms with Gasteiger partial charge in [0.05, 0.1) is 12.2 Å². The van der Waals surface area contributed by atoms with Crippen molar-refractivity contribution in [1.29, 1.82) is 0 Å². The lowest BCUT2D eigenvalue weighted by Gasteiger charge is -2.22. The molecule has 1 aromatic heterocycles. The molecule has 4 nitrogen and oxygen atoms in total. The van der Waals surface area contributed by atoms with Crippen LogP contribution in [0.3, 0.4) is 0 Å². The number of hydrogen-bond acceptors (Lipinski definition) is 4. The number of ether oxygens (including phenoxy) is 2. The molecule has 0 saturated carbocycles. The van der Waals surface area contributed by atoms with Crippen LogP contribution in [0.4, 0.5) is 0 Å². The second-order valence-corrected chi connectivity index (χ2v) is 5.73. The van der Waals surface area contributed by atoms with Crippen molar-refractivity contribution in [2.75, 3.05) is 20.8 Å². The molecule has 0 aliphatic rings. The summed E-state index contributed by atoms with van der Waals surface area (Å²) in [6.07, 6.45) is 2.70.